The maximum Gasteiger partial charge on any atom is 0.410 e. The Morgan fingerprint density at radius 1 is 1.04 bits per heavy atom. The van der Waals surface area contributed by atoms with Crippen molar-refractivity contribution >= 4 is 23.6 Å². The van der Waals surface area contributed by atoms with Crippen LogP contribution in [0.25, 0.3) is 0 Å². The van der Waals surface area contributed by atoms with Gasteiger partial charge in [0.05, 0.1) is 44.6 Å². The van der Waals surface area contributed by atoms with Crippen molar-refractivity contribution in [2.75, 3.05) is 64.1 Å². The number of rotatable bonds is 10. The van der Waals surface area contributed by atoms with E-state index in [4.69, 9.17) is 24.7 Å². The van der Waals surface area contributed by atoms with E-state index in [0.29, 0.717) is 57.3 Å². The highest BCUT2D eigenvalue weighted by Crippen LogP contribution is 2.35. The highest BCUT2D eigenvalue weighted by molar-refractivity contribution is 5.99. The zero-order valence-electron chi connectivity index (χ0n) is 30.9. The van der Waals surface area contributed by atoms with E-state index in [1.54, 1.807) is 28.0 Å². The molecule has 51 heavy (non-hydrogen) atoms. The van der Waals surface area contributed by atoms with Gasteiger partial charge in [-0.25, -0.2) is 14.2 Å². The quantitative estimate of drug-likeness (QED) is 0.390. The third-order valence-corrected chi connectivity index (χ3v) is 9.36. The number of hydrogen-bond acceptors (Lipinski definition) is 10. The number of benzene rings is 1. The molecule has 0 bridgehead atoms. The fourth-order valence-corrected chi connectivity index (χ4v) is 6.83. The van der Waals surface area contributed by atoms with Crippen LogP contribution in [-0.2, 0) is 25.4 Å². The Hall–Kier alpha value is -3.85. The van der Waals surface area contributed by atoms with Crippen LogP contribution in [0.4, 0.5) is 14.9 Å². The van der Waals surface area contributed by atoms with Gasteiger partial charge >= 0.3 is 6.09 Å². The predicted molar refractivity (Wildman–Crippen MR) is 189 cm³/mol. The van der Waals surface area contributed by atoms with Crippen molar-refractivity contribution in [1.82, 2.24) is 19.7 Å². The van der Waals surface area contributed by atoms with Crippen LogP contribution in [0.1, 0.15) is 70.1 Å². The zero-order valence-corrected chi connectivity index (χ0v) is 30.9. The van der Waals surface area contributed by atoms with Gasteiger partial charge in [0, 0.05) is 38.3 Å². The second-order valence-corrected chi connectivity index (χ2v) is 15.1. The Morgan fingerprint density at radius 3 is 2.43 bits per heavy atom. The number of aromatic nitrogens is 1. The number of amides is 3. The fourth-order valence-electron chi connectivity index (χ4n) is 6.83. The molecule has 0 aliphatic carbocycles. The SMILES string of the molecule is CC(C)OC[C@@H]1COCCN1C[C@H]1CN(C(=O)OC(C)(C)C)[C@H](C)CN1CC(=O)N1c2cc(Cc3ccc(F)cc3)c(C(N)=O)nc2OC[C@@H]1C. The number of piperazine rings is 1. The van der Waals surface area contributed by atoms with Crippen molar-refractivity contribution in [1.29, 1.82) is 0 Å². The number of pyridine rings is 1. The minimum Gasteiger partial charge on any atom is -0.474 e. The molecule has 14 heteroatoms. The summed E-state index contributed by atoms with van der Waals surface area (Å²) in [6, 6.07) is 6.98. The summed E-state index contributed by atoms with van der Waals surface area (Å²) in [5.41, 5.74) is 6.81. The van der Waals surface area contributed by atoms with Crippen LogP contribution < -0.4 is 15.4 Å². The van der Waals surface area contributed by atoms with Gasteiger partial charge in [-0.3, -0.25) is 19.4 Å². The third-order valence-electron chi connectivity index (χ3n) is 9.36. The summed E-state index contributed by atoms with van der Waals surface area (Å²) >= 11 is 0. The lowest BCUT2D eigenvalue weighted by molar-refractivity contribution is -0.123. The second kappa shape index (κ2) is 16.2. The van der Waals surface area contributed by atoms with Crippen molar-refractivity contribution in [3.8, 4) is 5.88 Å². The zero-order chi connectivity index (χ0) is 37.0. The van der Waals surface area contributed by atoms with E-state index in [1.165, 1.54) is 12.1 Å². The van der Waals surface area contributed by atoms with Gasteiger partial charge in [0.25, 0.3) is 5.91 Å². The number of ether oxygens (including phenoxy) is 4. The lowest BCUT2D eigenvalue weighted by Crippen LogP contribution is -2.65. The molecule has 5 rings (SSSR count). The number of hydrogen-bond donors (Lipinski definition) is 1. The molecule has 2 aromatic rings. The van der Waals surface area contributed by atoms with Crippen LogP contribution in [0.3, 0.4) is 0 Å². The van der Waals surface area contributed by atoms with Crippen molar-refractivity contribution in [2.24, 2.45) is 5.73 Å². The topological polar surface area (TPSA) is 140 Å². The summed E-state index contributed by atoms with van der Waals surface area (Å²) < 4.78 is 37.1. The van der Waals surface area contributed by atoms with Gasteiger partial charge in [0.15, 0.2) is 0 Å². The van der Waals surface area contributed by atoms with Gasteiger partial charge in [-0.2, -0.15) is 0 Å². The predicted octanol–water partition coefficient (Wildman–Crippen LogP) is 3.46. The number of primary amides is 1. The molecule has 3 amide bonds. The van der Waals surface area contributed by atoms with E-state index in [9.17, 15) is 18.8 Å². The summed E-state index contributed by atoms with van der Waals surface area (Å²) in [5.74, 6) is -1.11. The summed E-state index contributed by atoms with van der Waals surface area (Å²) in [4.78, 5) is 52.7. The standard InChI is InChI=1S/C37H53FN6O7/c1-23(2)49-22-30-21-48-13-12-41(30)17-29-18-43(36(47)51-37(5,6)7)24(3)16-42(29)19-32(45)44-25(4)20-50-35-31(44)15-27(33(40-35)34(39)46)14-26-8-10-28(38)11-9-26/h8-11,15,23-25,29-30H,12-14,16-22H2,1-7H3,(H2,39,46)/t24-,25+,29+,30+/m1/s1. The van der Waals surface area contributed by atoms with Gasteiger partial charge < -0.3 is 34.5 Å². The molecule has 2 fully saturated rings. The minimum absolute atomic E-state index is 0.0317. The molecule has 4 heterocycles. The molecule has 0 saturated carbocycles. The Labute approximate surface area is 300 Å². The number of halogens is 1. The molecule has 4 atom stereocenters. The molecular formula is C37H53FN6O7. The van der Waals surface area contributed by atoms with E-state index >= 15 is 0 Å². The van der Waals surface area contributed by atoms with Crippen LogP contribution in [0.2, 0.25) is 0 Å². The highest BCUT2D eigenvalue weighted by atomic mass is 19.1. The van der Waals surface area contributed by atoms with Gasteiger partial charge in [0.2, 0.25) is 11.8 Å². The summed E-state index contributed by atoms with van der Waals surface area (Å²) in [7, 11) is 0. The summed E-state index contributed by atoms with van der Waals surface area (Å²) in [6.07, 6.45) is -0.0551. The molecule has 2 N–H and O–H groups in total. The number of carbonyl (C=O) groups excluding carboxylic acids is 3. The van der Waals surface area contributed by atoms with Crippen LogP contribution >= 0.6 is 0 Å². The van der Waals surface area contributed by atoms with Crippen LogP contribution in [0.15, 0.2) is 30.3 Å². The normalized spacial score (nSPS) is 23.2. The van der Waals surface area contributed by atoms with E-state index in [-0.39, 0.29) is 79.2 Å². The first kappa shape index (κ1) is 38.4. The Balaban J connectivity index is 1.42. The number of anilines is 1. The maximum absolute atomic E-state index is 14.5. The Kier molecular flexibility index (Phi) is 12.2. The van der Waals surface area contributed by atoms with Gasteiger partial charge in [-0.05, 0) is 84.2 Å². The molecule has 2 saturated heterocycles. The number of nitrogens with zero attached hydrogens (tertiary/aromatic N) is 5. The van der Waals surface area contributed by atoms with Gasteiger partial charge in [-0.1, -0.05) is 12.1 Å². The third kappa shape index (κ3) is 9.73. The van der Waals surface area contributed by atoms with E-state index in [1.807, 2.05) is 48.5 Å². The monoisotopic (exact) mass is 712 g/mol. The molecule has 0 radical (unpaired) electrons. The molecule has 3 aliphatic heterocycles. The van der Waals surface area contributed by atoms with Crippen molar-refractivity contribution in [2.45, 2.75) is 90.8 Å². The van der Waals surface area contributed by atoms with Crippen molar-refractivity contribution < 1.29 is 37.7 Å². The minimum atomic E-state index is -0.727. The number of fused-ring (bicyclic) bond motifs is 1. The van der Waals surface area contributed by atoms with E-state index in [2.05, 4.69) is 14.8 Å². The van der Waals surface area contributed by atoms with E-state index in [0.717, 1.165) is 5.56 Å². The first-order valence-electron chi connectivity index (χ1n) is 17.8. The molecule has 1 aromatic carbocycles. The average Bonchev–Trinajstić information content (AvgIpc) is 3.05. The fraction of sp³-hybridized carbons (Fsp3) is 0.622. The lowest BCUT2D eigenvalue weighted by atomic mass is 10.0. The number of nitrogens with two attached hydrogens (primary N) is 1. The molecule has 3 aliphatic rings. The average molecular weight is 713 g/mol. The maximum atomic E-state index is 14.5. The largest absolute Gasteiger partial charge is 0.474 e. The van der Waals surface area contributed by atoms with Crippen LogP contribution in [0, 0.1) is 5.82 Å². The number of morpholine rings is 1. The van der Waals surface area contributed by atoms with Crippen LogP contribution in [-0.4, -0.2) is 133 Å². The first-order valence-corrected chi connectivity index (χ1v) is 17.8. The van der Waals surface area contributed by atoms with Crippen LogP contribution in [0.5, 0.6) is 5.88 Å². The molecule has 0 spiro atoms. The molecule has 1 aromatic heterocycles. The second-order valence-electron chi connectivity index (χ2n) is 15.1. The first-order chi connectivity index (χ1) is 24.1. The van der Waals surface area contributed by atoms with Gasteiger partial charge in [-0.15, -0.1) is 0 Å². The Morgan fingerprint density at radius 2 is 1.76 bits per heavy atom. The molecule has 0 unspecified atom stereocenters. The summed E-state index contributed by atoms with van der Waals surface area (Å²) in [6.45, 7) is 17.4. The Bertz CT molecular complexity index is 1550. The lowest BCUT2D eigenvalue weighted by Gasteiger charge is -2.48. The molecular weight excluding hydrogens is 659 g/mol. The number of carbonyl (C=O) groups is 3. The summed E-state index contributed by atoms with van der Waals surface area (Å²) in [5, 5.41) is 0. The van der Waals surface area contributed by atoms with Crippen molar-refractivity contribution in [3.05, 3.63) is 53.0 Å². The van der Waals surface area contributed by atoms with Gasteiger partial charge in [0.1, 0.15) is 29.4 Å². The van der Waals surface area contributed by atoms with Crippen molar-refractivity contribution in [3.63, 3.8) is 0 Å². The smallest absolute Gasteiger partial charge is 0.410 e. The van der Waals surface area contributed by atoms with E-state index < -0.39 is 11.5 Å². The molecule has 13 nitrogen and oxygen atoms in total. The highest BCUT2D eigenvalue weighted by Gasteiger charge is 2.41. The molecule has 280 valence electrons.